The van der Waals surface area contributed by atoms with E-state index in [0.29, 0.717) is 12.1 Å². The number of carbonyl (C=O) groups excluding carboxylic acids is 1. The smallest absolute Gasteiger partial charge is 0.164 e. The first-order valence-electron chi connectivity index (χ1n) is 5.68. The van der Waals surface area contributed by atoms with E-state index < -0.39 is 5.79 Å². The van der Waals surface area contributed by atoms with Gasteiger partial charge in [0.05, 0.1) is 23.9 Å². The van der Waals surface area contributed by atoms with Gasteiger partial charge in [0.2, 0.25) is 0 Å². The zero-order chi connectivity index (χ0) is 12.7. The van der Waals surface area contributed by atoms with Crippen LogP contribution in [0.5, 0.6) is 0 Å². The van der Waals surface area contributed by atoms with E-state index in [9.17, 15) is 4.79 Å². The molecule has 0 N–H and O–H groups in total. The third-order valence-corrected chi connectivity index (χ3v) is 2.85. The van der Waals surface area contributed by atoms with Crippen molar-refractivity contribution in [1.29, 1.82) is 0 Å². The van der Waals surface area contributed by atoms with Crippen molar-refractivity contribution in [2.75, 3.05) is 0 Å². The van der Waals surface area contributed by atoms with E-state index in [2.05, 4.69) is 5.10 Å². The summed E-state index contributed by atoms with van der Waals surface area (Å²) in [4.78, 5) is 10.6. The van der Waals surface area contributed by atoms with Crippen molar-refractivity contribution < 1.29 is 14.3 Å². The Kier molecular flexibility index (Phi) is 2.83. The van der Waals surface area contributed by atoms with Gasteiger partial charge in [0.15, 0.2) is 12.1 Å². The highest BCUT2D eigenvalue weighted by Gasteiger charge is 2.47. The first-order chi connectivity index (χ1) is 7.82. The minimum atomic E-state index is -0.575. The van der Waals surface area contributed by atoms with Gasteiger partial charge >= 0.3 is 0 Å². The quantitative estimate of drug-likeness (QED) is 0.751. The monoisotopic (exact) mass is 238 g/mol. The third kappa shape index (κ3) is 2.56. The molecule has 0 aromatic carbocycles. The molecule has 2 rings (SSSR count). The summed E-state index contributed by atoms with van der Waals surface area (Å²) in [6.07, 6.45) is 3.94. The van der Waals surface area contributed by atoms with Crippen LogP contribution in [-0.2, 0) is 16.0 Å². The van der Waals surface area contributed by atoms with Crippen molar-refractivity contribution >= 4 is 6.29 Å². The highest BCUT2D eigenvalue weighted by atomic mass is 16.8. The molecule has 0 aliphatic carbocycles. The predicted molar refractivity (Wildman–Crippen MR) is 61.7 cm³/mol. The molecule has 17 heavy (non-hydrogen) atoms. The lowest BCUT2D eigenvalue weighted by Crippen LogP contribution is -2.36. The number of carbonyl (C=O) groups is 1. The van der Waals surface area contributed by atoms with E-state index in [1.165, 1.54) is 0 Å². The van der Waals surface area contributed by atoms with E-state index in [1.54, 1.807) is 17.1 Å². The summed E-state index contributed by atoms with van der Waals surface area (Å²) in [6, 6.07) is 0. The molecular weight excluding hydrogens is 220 g/mol. The summed E-state index contributed by atoms with van der Waals surface area (Å²) in [5.41, 5.74) is 0.206. The first kappa shape index (κ1) is 12.3. The number of nitrogens with zero attached hydrogens (tertiary/aromatic N) is 2. The minimum Gasteiger partial charge on any atom is -0.342 e. The zero-order valence-corrected chi connectivity index (χ0v) is 10.6. The molecular formula is C12H18N2O3. The molecule has 1 fully saturated rings. The fourth-order valence-corrected chi connectivity index (χ4v) is 2.18. The summed E-state index contributed by atoms with van der Waals surface area (Å²) in [5, 5.41) is 4.11. The molecule has 1 aromatic heterocycles. The summed E-state index contributed by atoms with van der Waals surface area (Å²) in [7, 11) is 0. The second-order valence-corrected chi connectivity index (χ2v) is 5.33. The van der Waals surface area contributed by atoms with Gasteiger partial charge in [-0.05, 0) is 27.7 Å². The maximum Gasteiger partial charge on any atom is 0.164 e. The minimum absolute atomic E-state index is 0.0862. The van der Waals surface area contributed by atoms with Gasteiger partial charge in [-0.2, -0.15) is 5.10 Å². The van der Waals surface area contributed by atoms with Gasteiger partial charge in [-0.3, -0.25) is 9.48 Å². The van der Waals surface area contributed by atoms with Crippen LogP contribution in [0.3, 0.4) is 0 Å². The molecule has 2 heterocycles. The van der Waals surface area contributed by atoms with Crippen molar-refractivity contribution in [3.63, 3.8) is 0 Å². The van der Waals surface area contributed by atoms with Gasteiger partial charge in [-0.1, -0.05) is 0 Å². The van der Waals surface area contributed by atoms with Gasteiger partial charge in [-0.15, -0.1) is 0 Å². The van der Waals surface area contributed by atoms with Crippen LogP contribution in [0.1, 0.15) is 38.1 Å². The predicted octanol–water partition coefficient (Wildman–Crippen LogP) is 1.63. The standard InChI is InChI=1S/C12H18N2O3/c1-11(2)10(16-12(3,4)17-11)7-14-6-9(8-15)5-13-14/h5-6,8,10H,7H2,1-4H3/t10-/m0/s1. The van der Waals surface area contributed by atoms with Gasteiger partial charge in [0, 0.05) is 6.20 Å². The van der Waals surface area contributed by atoms with Crippen LogP contribution in [0, 0.1) is 0 Å². The molecule has 0 amide bonds. The van der Waals surface area contributed by atoms with E-state index in [-0.39, 0.29) is 11.7 Å². The highest BCUT2D eigenvalue weighted by Crippen LogP contribution is 2.36. The topological polar surface area (TPSA) is 53.4 Å². The summed E-state index contributed by atoms with van der Waals surface area (Å²) < 4.78 is 13.4. The van der Waals surface area contributed by atoms with E-state index in [1.807, 2.05) is 27.7 Å². The lowest BCUT2D eigenvalue weighted by Gasteiger charge is -2.23. The molecule has 0 unspecified atom stereocenters. The van der Waals surface area contributed by atoms with Crippen LogP contribution in [0.15, 0.2) is 12.4 Å². The Bertz CT molecular complexity index is 423. The lowest BCUT2D eigenvalue weighted by molar-refractivity contribution is -0.157. The normalized spacial score (nSPS) is 26.0. The van der Waals surface area contributed by atoms with Crippen molar-refractivity contribution in [3.05, 3.63) is 18.0 Å². The van der Waals surface area contributed by atoms with E-state index in [0.717, 1.165) is 6.29 Å². The van der Waals surface area contributed by atoms with Gasteiger partial charge in [-0.25, -0.2) is 0 Å². The maximum absolute atomic E-state index is 10.6. The fourth-order valence-electron chi connectivity index (χ4n) is 2.18. The van der Waals surface area contributed by atoms with E-state index >= 15 is 0 Å². The molecule has 1 aromatic rings. The van der Waals surface area contributed by atoms with Crippen molar-refractivity contribution in [2.45, 2.75) is 51.7 Å². The molecule has 0 saturated carbocycles. The average molecular weight is 238 g/mol. The number of hydrogen-bond donors (Lipinski definition) is 0. The Morgan fingerprint density at radius 2 is 2.18 bits per heavy atom. The summed E-state index contributed by atoms with van der Waals surface area (Å²) >= 11 is 0. The molecule has 0 bridgehead atoms. The van der Waals surface area contributed by atoms with Crippen LogP contribution in [0.25, 0.3) is 0 Å². The van der Waals surface area contributed by atoms with Crippen molar-refractivity contribution in [1.82, 2.24) is 9.78 Å². The Balaban J connectivity index is 2.11. The Labute approximate surface area is 101 Å². The zero-order valence-electron chi connectivity index (χ0n) is 10.6. The van der Waals surface area contributed by atoms with E-state index in [4.69, 9.17) is 9.47 Å². The molecule has 0 radical (unpaired) electrons. The number of hydrogen-bond acceptors (Lipinski definition) is 4. The van der Waals surface area contributed by atoms with Crippen LogP contribution >= 0.6 is 0 Å². The number of aldehydes is 1. The highest BCUT2D eigenvalue weighted by molar-refractivity contribution is 5.73. The molecule has 1 aliphatic heterocycles. The van der Waals surface area contributed by atoms with Crippen LogP contribution < -0.4 is 0 Å². The third-order valence-electron chi connectivity index (χ3n) is 2.85. The lowest BCUT2D eigenvalue weighted by atomic mass is 10.0. The molecule has 5 nitrogen and oxygen atoms in total. The molecule has 94 valence electrons. The van der Waals surface area contributed by atoms with Crippen LogP contribution in [-0.4, -0.2) is 33.6 Å². The Morgan fingerprint density at radius 3 is 2.65 bits per heavy atom. The van der Waals surface area contributed by atoms with Crippen LogP contribution in [0.4, 0.5) is 0 Å². The average Bonchev–Trinajstić information content (AvgIpc) is 2.69. The molecule has 1 aliphatic rings. The van der Waals surface area contributed by atoms with Crippen molar-refractivity contribution in [3.8, 4) is 0 Å². The van der Waals surface area contributed by atoms with Crippen LogP contribution in [0.2, 0.25) is 0 Å². The maximum atomic E-state index is 10.6. The molecule has 1 atom stereocenters. The van der Waals surface area contributed by atoms with Crippen molar-refractivity contribution in [2.24, 2.45) is 0 Å². The molecule has 5 heteroatoms. The molecule has 1 saturated heterocycles. The Morgan fingerprint density at radius 1 is 1.47 bits per heavy atom. The Hall–Kier alpha value is -1.20. The summed E-state index contributed by atoms with van der Waals surface area (Å²) in [6.45, 7) is 8.36. The second-order valence-electron chi connectivity index (χ2n) is 5.33. The fraction of sp³-hybridized carbons (Fsp3) is 0.667. The SMILES string of the molecule is CC1(C)O[C@@H](Cn2cc(C=O)cn2)C(C)(C)O1. The summed E-state index contributed by atoms with van der Waals surface area (Å²) in [5.74, 6) is -0.575. The second kappa shape index (κ2) is 3.92. The molecule has 0 spiro atoms. The first-order valence-corrected chi connectivity index (χ1v) is 5.68. The number of ether oxygens (including phenoxy) is 2. The van der Waals surface area contributed by atoms with Gasteiger partial charge in [0.25, 0.3) is 0 Å². The van der Waals surface area contributed by atoms with Gasteiger partial charge in [0.1, 0.15) is 6.10 Å². The van der Waals surface area contributed by atoms with Gasteiger partial charge < -0.3 is 9.47 Å². The number of rotatable bonds is 3. The largest absolute Gasteiger partial charge is 0.342 e. The number of aromatic nitrogens is 2.